The molecule has 4 heterocycles. The van der Waals surface area contributed by atoms with E-state index in [-0.39, 0.29) is 5.11 Å². The van der Waals surface area contributed by atoms with E-state index in [1.807, 2.05) is 0 Å². The van der Waals surface area contributed by atoms with Gasteiger partial charge in [-0.05, 0) is 31.6 Å². The predicted molar refractivity (Wildman–Crippen MR) is 98.2 cm³/mol. The topological polar surface area (TPSA) is 129 Å². The molecule has 1 unspecified atom stereocenters. The SMILES string of the molecule is Cc1cc(=O)nc2c3c(n(C4O[C@H](CO)[C@@H](O)[C@@]4(C)O)cc13)NC(=S)N2. The highest BCUT2D eigenvalue weighted by atomic mass is 32.1. The van der Waals surface area contributed by atoms with Gasteiger partial charge in [0, 0.05) is 17.6 Å². The average molecular weight is 378 g/mol. The van der Waals surface area contributed by atoms with E-state index < -0.39 is 36.2 Å². The first kappa shape index (κ1) is 17.3. The highest BCUT2D eigenvalue weighted by Crippen LogP contribution is 2.44. The summed E-state index contributed by atoms with van der Waals surface area (Å²) in [5.74, 6) is 0.800. The molecule has 2 aliphatic rings. The molecule has 2 aromatic rings. The number of aryl methyl sites for hydroxylation is 1. The molecule has 2 aliphatic heterocycles. The zero-order chi connectivity index (χ0) is 18.8. The van der Waals surface area contributed by atoms with Gasteiger partial charge in [0.2, 0.25) is 0 Å². The van der Waals surface area contributed by atoms with E-state index in [1.54, 1.807) is 17.7 Å². The summed E-state index contributed by atoms with van der Waals surface area (Å²) in [5.41, 5.74) is -1.36. The third-order valence-electron chi connectivity index (χ3n) is 4.91. The van der Waals surface area contributed by atoms with Crippen LogP contribution in [-0.2, 0) is 4.74 Å². The van der Waals surface area contributed by atoms with Crippen LogP contribution < -0.4 is 16.2 Å². The quantitative estimate of drug-likeness (QED) is 0.452. The Morgan fingerprint density at radius 2 is 2.19 bits per heavy atom. The van der Waals surface area contributed by atoms with Crippen LogP contribution in [0.3, 0.4) is 0 Å². The smallest absolute Gasteiger partial charge is 0.271 e. The first-order valence-electron chi connectivity index (χ1n) is 8.05. The van der Waals surface area contributed by atoms with Crippen molar-refractivity contribution in [2.75, 3.05) is 17.2 Å². The molecule has 0 bridgehead atoms. The molecular formula is C16H18N4O5S. The summed E-state index contributed by atoms with van der Waals surface area (Å²) in [6.07, 6.45) is -1.47. The maximum atomic E-state index is 11.9. The lowest BCUT2D eigenvalue weighted by Gasteiger charge is -2.29. The first-order valence-corrected chi connectivity index (χ1v) is 8.46. The average Bonchev–Trinajstić information content (AvgIpc) is 2.99. The van der Waals surface area contributed by atoms with Crippen LogP contribution in [0.25, 0.3) is 10.8 Å². The lowest BCUT2D eigenvalue weighted by Crippen LogP contribution is -2.44. The standard InChI is InChI=1S/C16H18N4O5S/c1-6-3-9(22)17-12-10-7(6)4-20(13(10)19-15(26)18-12)14-16(2,24)11(23)8(5-21)25-14/h3-4,8,11,14,21,23-24H,5H2,1-2H3,(H2,17,18,19,22,26)/t8-,11-,14?,16-/m1/s1. The molecule has 9 nitrogen and oxygen atoms in total. The number of rotatable bonds is 2. The molecule has 0 aliphatic carbocycles. The van der Waals surface area contributed by atoms with Gasteiger partial charge in [0.25, 0.3) is 5.56 Å². The molecule has 5 N–H and O–H groups in total. The maximum Gasteiger partial charge on any atom is 0.271 e. The fourth-order valence-electron chi connectivity index (χ4n) is 3.56. The molecule has 4 atom stereocenters. The van der Waals surface area contributed by atoms with Crippen molar-refractivity contribution in [3.05, 3.63) is 28.2 Å². The number of aliphatic hydroxyl groups is 3. The van der Waals surface area contributed by atoms with Gasteiger partial charge >= 0.3 is 0 Å². The summed E-state index contributed by atoms with van der Waals surface area (Å²) in [6.45, 7) is 2.79. The molecule has 10 heteroatoms. The maximum absolute atomic E-state index is 11.9. The number of anilines is 2. The number of nitrogens with one attached hydrogen (secondary N) is 2. The second-order valence-corrected chi connectivity index (χ2v) is 7.17. The van der Waals surface area contributed by atoms with E-state index in [1.165, 1.54) is 13.0 Å². The molecule has 0 spiro atoms. The van der Waals surface area contributed by atoms with E-state index in [4.69, 9.17) is 17.0 Å². The van der Waals surface area contributed by atoms with Crippen molar-refractivity contribution in [3.8, 4) is 0 Å². The second-order valence-electron chi connectivity index (χ2n) is 6.76. The third-order valence-corrected chi connectivity index (χ3v) is 5.11. The van der Waals surface area contributed by atoms with Crippen molar-refractivity contribution in [2.45, 2.75) is 37.9 Å². The minimum atomic E-state index is -1.65. The number of aliphatic hydroxyl groups excluding tert-OH is 2. The van der Waals surface area contributed by atoms with Gasteiger partial charge in [-0.15, -0.1) is 0 Å². The number of hydrogen-bond donors (Lipinski definition) is 5. The number of ether oxygens (including phenoxy) is 1. The summed E-state index contributed by atoms with van der Waals surface area (Å²) >= 11 is 5.19. The number of nitrogens with zero attached hydrogens (tertiary/aromatic N) is 2. The lowest BCUT2D eigenvalue weighted by atomic mass is 9.96. The molecular weight excluding hydrogens is 360 g/mol. The molecule has 0 amide bonds. The molecule has 0 saturated carbocycles. The molecule has 1 saturated heterocycles. The monoisotopic (exact) mass is 378 g/mol. The highest BCUT2D eigenvalue weighted by Gasteiger charge is 2.53. The Labute approximate surface area is 153 Å². The minimum absolute atomic E-state index is 0.242. The Kier molecular flexibility index (Phi) is 3.79. The number of hydrogen-bond acceptors (Lipinski definition) is 7. The van der Waals surface area contributed by atoms with Gasteiger partial charge in [0.15, 0.2) is 11.3 Å². The summed E-state index contributed by atoms with van der Waals surface area (Å²) in [6, 6.07) is 1.41. The van der Waals surface area contributed by atoms with Gasteiger partial charge < -0.3 is 35.3 Å². The van der Waals surface area contributed by atoms with Crippen LogP contribution in [-0.4, -0.2) is 54.4 Å². The van der Waals surface area contributed by atoms with Crippen molar-refractivity contribution in [3.63, 3.8) is 0 Å². The van der Waals surface area contributed by atoms with E-state index in [0.717, 1.165) is 0 Å². The van der Waals surface area contributed by atoms with Crippen LogP contribution >= 0.6 is 12.2 Å². The van der Waals surface area contributed by atoms with Crippen LogP contribution in [0, 0.1) is 6.92 Å². The zero-order valence-corrected chi connectivity index (χ0v) is 14.9. The largest absolute Gasteiger partial charge is 0.394 e. The summed E-state index contributed by atoms with van der Waals surface area (Å²) in [7, 11) is 0. The van der Waals surface area contributed by atoms with Crippen LogP contribution in [0.2, 0.25) is 0 Å². The molecule has 0 aromatic carbocycles. The molecule has 1 fully saturated rings. The lowest BCUT2D eigenvalue weighted by molar-refractivity contribution is -0.0953. The normalized spacial score (nSPS) is 30.3. The molecule has 0 radical (unpaired) electrons. The van der Waals surface area contributed by atoms with Crippen molar-refractivity contribution in [1.82, 2.24) is 9.55 Å². The van der Waals surface area contributed by atoms with E-state index >= 15 is 0 Å². The van der Waals surface area contributed by atoms with E-state index in [0.29, 0.717) is 28.0 Å². The zero-order valence-electron chi connectivity index (χ0n) is 14.1. The Hall–Kier alpha value is -2.11. The number of thiocarbonyl (C=S) groups is 1. The Morgan fingerprint density at radius 3 is 2.85 bits per heavy atom. The van der Waals surface area contributed by atoms with Gasteiger partial charge in [-0.3, -0.25) is 4.79 Å². The molecule has 4 rings (SSSR count). The Balaban J connectivity index is 2.00. The number of aromatic nitrogens is 2. The molecule has 2 aromatic heterocycles. The highest BCUT2D eigenvalue weighted by molar-refractivity contribution is 7.80. The molecule has 26 heavy (non-hydrogen) atoms. The van der Waals surface area contributed by atoms with Crippen LogP contribution in [0.4, 0.5) is 11.6 Å². The van der Waals surface area contributed by atoms with E-state index in [2.05, 4.69) is 15.6 Å². The Morgan fingerprint density at radius 1 is 1.46 bits per heavy atom. The van der Waals surface area contributed by atoms with E-state index in [9.17, 15) is 20.1 Å². The van der Waals surface area contributed by atoms with Crippen molar-refractivity contribution in [2.24, 2.45) is 0 Å². The third kappa shape index (κ3) is 2.34. The molecule has 138 valence electrons. The van der Waals surface area contributed by atoms with Crippen LogP contribution in [0.15, 0.2) is 17.1 Å². The summed E-state index contributed by atoms with van der Waals surface area (Å²) < 4.78 is 7.32. The van der Waals surface area contributed by atoms with Gasteiger partial charge in [0.05, 0.1) is 12.0 Å². The van der Waals surface area contributed by atoms with Crippen LogP contribution in [0.5, 0.6) is 0 Å². The van der Waals surface area contributed by atoms with Gasteiger partial charge in [-0.2, -0.15) is 4.98 Å². The predicted octanol–water partition coefficient (Wildman–Crippen LogP) is -0.171. The fourth-order valence-corrected chi connectivity index (χ4v) is 3.76. The van der Waals surface area contributed by atoms with Crippen molar-refractivity contribution in [1.29, 1.82) is 0 Å². The van der Waals surface area contributed by atoms with Crippen LogP contribution in [0.1, 0.15) is 18.7 Å². The van der Waals surface area contributed by atoms with Crippen molar-refractivity contribution >= 4 is 39.7 Å². The summed E-state index contributed by atoms with van der Waals surface area (Å²) in [5, 5.41) is 37.9. The minimum Gasteiger partial charge on any atom is -0.394 e. The Bertz CT molecular complexity index is 989. The van der Waals surface area contributed by atoms with Gasteiger partial charge in [-0.1, -0.05) is 0 Å². The summed E-state index contributed by atoms with van der Waals surface area (Å²) in [4.78, 5) is 16.0. The first-order chi connectivity index (χ1) is 12.2. The van der Waals surface area contributed by atoms with Gasteiger partial charge in [0.1, 0.15) is 29.4 Å². The second kappa shape index (κ2) is 5.69. The van der Waals surface area contributed by atoms with Gasteiger partial charge in [-0.25, -0.2) is 0 Å². The van der Waals surface area contributed by atoms with Crippen molar-refractivity contribution < 1.29 is 20.1 Å². The fraction of sp³-hybridized carbons (Fsp3) is 0.438.